The monoisotopic (exact) mass is 432 g/mol. The largest absolute Gasteiger partial charge is 0.465 e. The van der Waals surface area contributed by atoms with Crippen LogP contribution < -0.4 is 4.81 Å². The number of nitrogens with zero attached hydrogens (tertiary/aromatic N) is 2. The van der Waals surface area contributed by atoms with E-state index < -0.39 is 13.0 Å². The van der Waals surface area contributed by atoms with Crippen molar-refractivity contribution in [2.45, 2.75) is 13.4 Å². The molecule has 0 amide bonds. The second kappa shape index (κ2) is 9.45. The zero-order chi connectivity index (χ0) is 23.4. The predicted molar refractivity (Wildman–Crippen MR) is 133 cm³/mol. The third kappa shape index (κ3) is 4.11. The molecule has 4 rings (SSSR count). The molecule has 5 nitrogen and oxygen atoms in total. The Bertz CT molecular complexity index is 1440. The molecule has 2 aromatic carbocycles. The summed E-state index contributed by atoms with van der Waals surface area (Å²) >= 11 is 0. The summed E-state index contributed by atoms with van der Waals surface area (Å²) in [5.74, 6) is 13.1. The second-order valence-electron chi connectivity index (χ2n) is 7.47. The second-order valence-corrected chi connectivity index (χ2v) is 7.47. The van der Waals surface area contributed by atoms with Crippen molar-refractivity contribution in [3.63, 3.8) is 0 Å². The van der Waals surface area contributed by atoms with E-state index in [0.717, 1.165) is 33.4 Å². The van der Waals surface area contributed by atoms with Gasteiger partial charge in [0, 0.05) is 29.7 Å². The number of rotatable bonds is 2. The van der Waals surface area contributed by atoms with E-state index in [1.807, 2.05) is 53.4 Å². The summed E-state index contributed by atoms with van der Waals surface area (Å²) in [7, 11) is 0.679. The van der Waals surface area contributed by atoms with Crippen LogP contribution in [0.5, 0.6) is 0 Å². The summed E-state index contributed by atoms with van der Waals surface area (Å²) in [5.41, 5.74) is 4.78. The summed E-state index contributed by atoms with van der Waals surface area (Å²) in [6, 6.07) is 13.3. The van der Waals surface area contributed by atoms with Crippen molar-refractivity contribution in [3.05, 3.63) is 65.7 Å². The van der Waals surface area contributed by atoms with Crippen molar-refractivity contribution in [2.24, 2.45) is 0 Å². The van der Waals surface area contributed by atoms with Crippen molar-refractivity contribution in [1.29, 1.82) is 0 Å². The fraction of sp³-hybridized carbons (Fsp3) is 0.148. The molecule has 0 saturated heterocycles. The molecule has 0 bridgehead atoms. The van der Waals surface area contributed by atoms with Crippen molar-refractivity contribution >= 4 is 29.6 Å². The average Bonchev–Trinajstić information content (AvgIpc) is 3.16. The highest BCUT2D eigenvalue weighted by atomic mass is 16.5. The minimum atomic E-state index is -0.686. The van der Waals surface area contributed by atoms with Gasteiger partial charge in [-0.15, -0.1) is 6.42 Å². The number of anilines is 1. The van der Waals surface area contributed by atoms with Crippen LogP contribution in [0, 0.1) is 36.0 Å². The van der Waals surface area contributed by atoms with Crippen LogP contribution in [-0.2, 0) is 11.3 Å². The Morgan fingerprint density at radius 3 is 2.67 bits per heavy atom. The average molecular weight is 432 g/mol. The quantitative estimate of drug-likeness (QED) is 0.291. The van der Waals surface area contributed by atoms with Crippen molar-refractivity contribution in [3.8, 4) is 47.3 Å². The van der Waals surface area contributed by atoms with Crippen LogP contribution in [-0.4, -0.2) is 36.3 Å². The van der Waals surface area contributed by atoms with Crippen molar-refractivity contribution < 1.29 is 14.6 Å². The molecule has 0 atom stereocenters. The molecule has 0 fully saturated rings. The summed E-state index contributed by atoms with van der Waals surface area (Å²) in [6.07, 6.45) is 9.31. The molecule has 2 heterocycles. The Morgan fingerprint density at radius 1 is 1.12 bits per heavy atom. The molecule has 1 N–H and O–H groups in total. The lowest BCUT2D eigenvalue weighted by atomic mass is 9.83. The number of ether oxygens (including phenoxy) is 1. The molecule has 0 unspecified atom stereocenters. The summed E-state index contributed by atoms with van der Waals surface area (Å²) in [6.45, 7) is 2.87. The molecule has 6 heteroatoms. The molecular formula is C27H21BN2O3. The number of esters is 1. The maximum Gasteiger partial charge on any atom is 0.409 e. The summed E-state index contributed by atoms with van der Waals surface area (Å²) < 4.78 is 7.05. The van der Waals surface area contributed by atoms with Gasteiger partial charge >= 0.3 is 13.0 Å². The van der Waals surface area contributed by atoms with Gasteiger partial charge in [-0.05, 0) is 54.6 Å². The molecule has 33 heavy (non-hydrogen) atoms. The number of hydrogen-bond donors (Lipinski definition) is 1. The fourth-order valence-electron chi connectivity index (χ4n) is 4.10. The summed E-state index contributed by atoms with van der Waals surface area (Å²) in [4.78, 5) is 14.2. The molecule has 1 aromatic heterocycles. The first kappa shape index (κ1) is 21.9. The van der Waals surface area contributed by atoms with Gasteiger partial charge in [0.15, 0.2) is 0 Å². The minimum Gasteiger partial charge on any atom is -0.465 e. The van der Waals surface area contributed by atoms with Gasteiger partial charge in [-0.25, -0.2) is 4.79 Å². The van der Waals surface area contributed by atoms with Gasteiger partial charge in [-0.3, -0.25) is 0 Å². The van der Waals surface area contributed by atoms with E-state index in [9.17, 15) is 9.82 Å². The smallest absolute Gasteiger partial charge is 0.409 e. The number of allylic oxidation sites excluding steroid dienone is 1. The molecular weight excluding hydrogens is 411 g/mol. The number of para-hydroxylation sites is 1. The molecule has 1 aliphatic heterocycles. The lowest BCUT2D eigenvalue weighted by Gasteiger charge is -2.26. The number of fused-ring (bicyclic) bond motifs is 5. The standard InChI is InChI=1S/C27H21BN2O3/c1-4-5-6-7-12-22-21-16-15-20(27(31)33-3)19-25(21)29-17-10-11-18-30(28(2)32)24-14-9-8-13-23(24)26(22)29/h1,8-11,13-16,19,32H,17-18H2,2-3H3. The predicted octanol–water partition coefficient (Wildman–Crippen LogP) is 3.57. The number of methoxy groups -OCH3 is 1. The topological polar surface area (TPSA) is 54.7 Å². The first-order valence-corrected chi connectivity index (χ1v) is 10.5. The SMILES string of the molecule is C#CC#CC#Cc1c2n(c3cc(C(=O)OC)ccc13)CC=CCN(B(C)O)c1ccccc1-2. The van der Waals surface area contributed by atoms with E-state index in [-0.39, 0.29) is 0 Å². The van der Waals surface area contributed by atoms with Crippen LogP contribution in [0.2, 0.25) is 6.82 Å². The van der Waals surface area contributed by atoms with Gasteiger partial charge in [-0.2, -0.15) is 0 Å². The highest BCUT2D eigenvalue weighted by Crippen LogP contribution is 2.39. The lowest BCUT2D eigenvalue weighted by Crippen LogP contribution is -2.37. The Morgan fingerprint density at radius 2 is 1.91 bits per heavy atom. The van der Waals surface area contributed by atoms with Gasteiger partial charge in [0.2, 0.25) is 0 Å². The Labute approximate surface area is 193 Å². The van der Waals surface area contributed by atoms with E-state index >= 15 is 0 Å². The number of carbonyl (C=O) groups is 1. The van der Waals surface area contributed by atoms with E-state index in [1.54, 1.807) is 12.9 Å². The highest BCUT2D eigenvalue weighted by Gasteiger charge is 2.25. The normalized spacial score (nSPS) is 11.9. The molecule has 0 aliphatic carbocycles. The van der Waals surface area contributed by atoms with Gasteiger partial charge in [-0.1, -0.05) is 36.4 Å². The number of terminal acetylenes is 1. The lowest BCUT2D eigenvalue weighted by molar-refractivity contribution is 0.0601. The van der Waals surface area contributed by atoms with Gasteiger partial charge < -0.3 is 19.1 Å². The first-order chi connectivity index (χ1) is 16.1. The highest BCUT2D eigenvalue weighted by molar-refractivity contribution is 6.54. The van der Waals surface area contributed by atoms with Crippen LogP contribution in [0.3, 0.4) is 0 Å². The van der Waals surface area contributed by atoms with E-state index in [1.165, 1.54) is 7.11 Å². The Hall–Kier alpha value is -4.31. The number of aromatic nitrogens is 1. The van der Waals surface area contributed by atoms with Crippen molar-refractivity contribution in [2.75, 3.05) is 18.5 Å². The zero-order valence-electron chi connectivity index (χ0n) is 18.4. The third-order valence-corrected chi connectivity index (χ3v) is 5.55. The van der Waals surface area contributed by atoms with Crippen LogP contribution in [0.1, 0.15) is 15.9 Å². The number of hydrogen-bond acceptors (Lipinski definition) is 4. The fourth-order valence-corrected chi connectivity index (χ4v) is 4.10. The maximum absolute atomic E-state index is 12.2. The molecule has 1 aliphatic rings. The zero-order valence-corrected chi connectivity index (χ0v) is 18.4. The molecule has 0 spiro atoms. The number of carbonyl (C=O) groups excluding carboxylic acids is 1. The molecule has 3 aromatic rings. The van der Waals surface area contributed by atoms with Gasteiger partial charge in [0.1, 0.15) is 0 Å². The molecule has 0 radical (unpaired) electrons. The van der Waals surface area contributed by atoms with Crippen molar-refractivity contribution in [1.82, 2.24) is 4.57 Å². The van der Waals surface area contributed by atoms with E-state index in [2.05, 4.69) is 34.2 Å². The third-order valence-electron chi connectivity index (χ3n) is 5.55. The number of benzene rings is 2. The Kier molecular flexibility index (Phi) is 6.28. The van der Waals surface area contributed by atoms with Crippen LogP contribution in [0.15, 0.2) is 54.6 Å². The van der Waals surface area contributed by atoms with Crippen LogP contribution >= 0.6 is 0 Å². The van der Waals surface area contributed by atoms with E-state index in [0.29, 0.717) is 18.7 Å². The van der Waals surface area contributed by atoms with Crippen LogP contribution in [0.25, 0.3) is 22.2 Å². The van der Waals surface area contributed by atoms with E-state index in [4.69, 9.17) is 11.2 Å². The van der Waals surface area contributed by atoms with Gasteiger partial charge in [0.25, 0.3) is 0 Å². The molecule has 0 saturated carbocycles. The summed E-state index contributed by atoms with van der Waals surface area (Å²) in [5, 5.41) is 11.4. The van der Waals surface area contributed by atoms with Crippen LogP contribution in [0.4, 0.5) is 5.69 Å². The minimum absolute atomic E-state index is 0.403. The first-order valence-electron chi connectivity index (χ1n) is 10.5. The Balaban J connectivity index is 2.11. The molecule has 160 valence electrons. The maximum atomic E-state index is 12.2. The van der Waals surface area contributed by atoms with Gasteiger partial charge in [0.05, 0.1) is 29.4 Å².